The summed E-state index contributed by atoms with van der Waals surface area (Å²) in [7, 11) is 1.59. The molecule has 0 aliphatic carbocycles. The van der Waals surface area contributed by atoms with Gasteiger partial charge in [0.15, 0.2) is 5.78 Å². The Morgan fingerprint density at radius 3 is 2.50 bits per heavy atom. The average molecular weight is 277 g/mol. The van der Waals surface area contributed by atoms with Crippen molar-refractivity contribution in [2.45, 2.75) is 39.7 Å². The van der Waals surface area contributed by atoms with Crippen molar-refractivity contribution in [3.63, 3.8) is 0 Å². The van der Waals surface area contributed by atoms with Gasteiger partial charge in [0.25, 0.3) is 0 Å². The molecule has 1 amide bonds. The second-order valence-electron chi connectivity index (χ2n) is 5.15. The van der Waals surface area contributed by atoms with Crippen LogP contribution >= 0.6 is 0 Å². The molecule has 0 aromatic heterocycles. The fourth-order valence-electron chi connectivity index (χ4n) is 1.92. The quantitative estimate of drug-likeness (QED) is 0.779. The SMILES string of the molecule is COCC(C)NC(=O)CCC(=O)c1ccc(C)c(C)c1. The first-order chi connectivity index (χ1) is 9.43. The summed E-state index contributed by atoms with van der Waals surface area (Å²) in [4.78, 5) is 23.7. The molecule has 0 spiro atoms. The third kappa shape index (κ3) is 5.13. The number of carbonyl (C=O) groups excluding carboxylic acids is 2. The van der Waals surface area contributed by atoms with Crippen LogP contribution in [-0.4, -0.2) is 31.4 Å². The molecule has 0 bridgehead atoms. The number of carbonyl (C=O) groups is 2. The van der Waals surface area contributed by atoms with Crippen LogP contribution in [0.25, 0.3) is 0 Å². The zero-order valence-corrected chi connectivity index (χ0v) is 12.7. The molecule has 4 heteroatoms. The Hall–Kier alpha value is -1.68. The molecule has 1 aromatic carbocycles. The average Bonchev–Trinajstić information content (AvgIpc) is 2.39. The van der Waals surface area contributed by atoms with Gasteiger partial charge in [0.1, 0.15) is 0 Å². The Kier molecular flexibility index (Phi) is 6.39. The maximum absolute atomic E-state index is 12.0. The monoisotopic (exact) mass is 277 g/mol. The topological polar surface area (TPSA) is 55.4 Å². The van der Waals surface area contributed by atoms with Gasteiger partial charge in [-0.25, -0.2) is 0 Å². The summed E-state index contributed by atoms with van der Waals surface area (Å²) in [6.07, 6.45) is 0.438. The number of aryl methyl sites for hydroxylation is 2. The molecule has 0 radical (unpaired) electrons. The maximum Gasteiger partial charge on any atom is 0.220 e. The minimum Gasteiger partial charge on any atom is -0.383 e. The van der Waals surface area contributed by atoms with Crippen LogP contribution in [0.3, 0.4) is 0 Å². The Morgan fingerprint density at radius 2 is 1.90 bits per heavy atom. The molecule has 0 aliphatic heterocycles. The van der Waals surface area contributed by atoms with Crippen molar-refractivity contribution in [1.82, 2.24) is 5.32 Å². The number of rotatable bonds is 7. The molecular formula is C16H23NO3. The molecule has 1 aromatic rings. The lowest BCUT2D eigenvalue weighted by Gasteiger charge is -2.12. The minimum atomic E-state index is -0.119. The van der Waals surface area contributed by atoms with E-state index in [9.17, 15) is 9.59 Å². The molecule has 1 unspecified atom stereocenters. The van der Waals surface area contributed by atoms with E-state index >= 15 is 0 Å². The third-order valence-electron chi connectivity index (χ3n) is 3.23. The highest BCUT2D eigenvalue weighted by Crippen LogP contribution is 2.12. The number of amides is 1. The number of benzene rings is 1. The van der Waals surface area contributed by atoms with Gasteiger partial charge in [-0.3, -0.25) is 9.59 Å². The summed E-state index contributed by atoms with van der Waals surface area (Å²) < 4.78 is 4.94. The largest absolute Gasteiger partial charge is 0.383 e. The van der Waals surface area contributed by atoms with Crippen molar-refractivity contribution < 1.29 is 14.3 Å². The van der Waals surface area contributed by atoms with Crippen LogP contribution in [0.5, 0.6) is 0 Å². The Morgan fingerprint density at radius 1 is 1.20 bits per heavy atom. The van der Waals surface area contributed by atoms with Crippen LogP contribution < -0.4 is 5.32 Å². The number of methoxy groups -OCH3 is 1. The molecule has 110 valence electrons. The van der Waals surface area contributed by atoms with E-state index in [0.29, 0.717) is 12.2 Å². The number of hydrogen-bond acceptors (Lipinski definition) is 3. The van der Waals surface area contributed by atoms with Crippen molar-refractivity contribution in [3.05, 3.63) is 34.9 Å². The molecule has 20 heavy (non-hydrogen) atoms. The van der Waals surface area contributed by atoms with Crippen LogP contribution in [0.4, 0.5) is 0 Å². The Labute approximate surface area is 120 Å². The molecule has 4 nitrogen and oxygen atoms in total. The number of hydrogen-bond donors (Lipinski definition) is 1. The smallest absolute Gasteiger partial charge is 0.220 e. The summed E-state index contributed by atoms with van der Waals surface area (Å²) in [6, 6.07) is 5.59. The summed E-state index contributed by atoms with van der Waals surface area (Å²) in [5, 5.41) is 2.79. The zero-order chi connectivity index (χ0) is 15.1. The lowest BCUT2D eigenvalue weighted by Crippen LogP contribution is -2.35. The highest BCUT2D eigenvalue weighted by atomic mass is 16.5. The van der Waals surface area contributed by atoms with Crippen LogP contribution in [0, 0.1) is 13.8 Å². The van der Waals surface area contributed by atoms with Crippen molar-refractivity contribution in [1.29, 1.82) is 0 Å². The molecule has 1 atom stereocenters. The van der Waals surface area contributed by atoms with E-state index in [4.69, 9.17) is 4.74 Å². The minimum absolute atomic E-state index is 0.00245. The van der Waals surface area contributed by atoms with Gasteiger partial charge in [0.05, 0.1) is 6.61 Å². The van der Waals surface area contributed by atoms with Crippen LogP contribution in [-0.2, 0) is 9.53 Å². The van der Waals surface area contributed by atoms with Gasteiger partial charge in [0.2, 0.25) is 5.91 Å². The second-order valence-corrected chi connectivity index (χ2v) is 5.15. The van der Waals surface area contributed by atoms with E-state index in [1.54, 1.807) is 7.11 Å². The van der Waals surface area contributed by atoms with Crippen molar-refractivity contribution in [2.75, 3.05) is 13.7 Å². The first-order valence-electron chi connectivity index (χ1n) is 6.82. The standard InChI is InChI=1S/C16H23NO3/c1-11-5-6-14(9-12(11)2)15(18)7-8-16(19)17-13(3)10-20-4/h5-6,9,13H,7-8,10H2,1-4H3,(H,17,19). The van der Waals surface area contributed by atoms with Crippen molar-refractivity contribution >= 4 is 11.7 Å². The van der Waals surface area contributed by atoms with Crippen molar-refractivity contribution in [3.8, 4) is 0 Å². The van der Waals surface area contributed by atoms with Crippen LogP contribution in [0.1, 0.15) is 41.3 Å². The number of ether oxygens (including phenoxy) is 1. The van der Waals surface area contributed by atoms with Gasteiger partial charge in [0, 0.05) is 31.6 Å². The lowest BCUT2D eigenvalue weighted by atomic mass is 10.0. The van der Waals surface area contributed by atoms with Gasteiger partial charge in [-0.05, 0) is 38.0 Å². The van der Waals surface area contributed by atoms with E-state index in [-0.39, 0.29) is 30.6 Å². The van der Waals surface area contributed by atoms with Gasteiger partial charge in [-0.1, -0.05) is 12.1 Å². The fraction of sp³-hybridized carbons (Fsp3) is 0.500. The molecule has 1 rings (SSSR count). The highest BCUT2D eigenvalue weighted by molar-refractivity contribution is 5.98. The van der Waals surface area contributed by atoms with Gasteiger partial charge >= 0.3 is 0 Å². The van der Waals surface area contributed by atoms with E-state index in [1.165, 1.54) is 0 Å². The summed E-state index contributed by atoms with van der Waals surface area (Å²) >= 11 is 0. The summed E-state index contributed by atoms with van der Waals surface area (Å²) in [6.45, 7) is 6.32. The van der Waals surface area contributed by atoms with Gasteiger partial charge in [-0.2, -0.15) is 0 Å². The van der Waals surface area contributed by atoms with Crippen LogP contribution in [0.2, 0.25) is 0 Å². The predicted molar refractivity (Wildman–Crippen MR) is 79.0 cm³/mol. The molecule has 1 N–H and O–H groups in total. The number of ketones is 1. The normalized spacial score (nSPS) is 12.0. The summed E-state index contributed by atoms with van der Waals surface area (Å²) in [5.74, 6) is -0.116. The van der Waals surface area contributed by atoms with E-state index in [1.807, 2.05) is 39.0 Å². The third-order valence-corrected chi connectivity index (χ3v) is 3.23. The fourth-order valence-corrected chi connectivity index (χ4v) is 1.92. The lowest BCUT2D eigenvalue weighted by molar-refractivity contribution is -0.122. The van der Waals surface area contributed by atoms with E-state index in [0.717, 1.165) is 11.1 Å². The van der Waals surface area contributed by atoms with E-state index < -0.39 is 0 Å². The molecular weight excluding hydrogens is 254 g/mol. The Balaban J connectivity index is 2.46. The molecule has 0 saturated heterocycles. The number of nitrogens with one attached hydrogen (secondary N) is 1. The number of Topliss-reactive ketones (excluding diaryl/α,β-unsaturated/α-hetero) is 1. The Bertz CT molecular complexity index is 483. The van der Waals surface area contributed by atoms with E-state index in [2.05, 4.69) is 5.32 Å². The first-order valence-corrected chi connectivity index (χ1v) is 6.82. The maximum atomic E-state index is 12.0. The van der Waals surface area contributed by atoms with Crippen molar-refractivity contribution in [2.24, 2.45) is 0 Å². The molecule has 0 aliphatic rings. The predicted octanol–water partition coefficient (Wildman–Crippen LogP) is 2.42. The highest BCUT2D eigenvalue weighted by Gasteiger charge is 2.11. The molecule has 0 saturated carbocycles. The van der Waals surface area contributed by atoms with Gasteiger partial charge < -0.3 is 10.1 Å². The second kappa shape index (κ2) is 7.80. The molecule has 0 heterocycles. The summed E-state index contributed by atoms with van der Waals surface area (Å²) in [5.41, 5.74) is 2.92. The zero-order valence-electron chi connectivity index (χ0n) is 12.7. The first kappa shape index (κ1) is 16.4. The van der Waals surface area contributed by atoms with Crippen LogP contribution in [0.15, 0.2) is 18.2 Å². The molecule has 0 fully saturated rings. The van der Waals surface area contributed by atoms with Gasteiger partial charge in [-0.15, -0.1) is 0 Å².